The molecule has 0 saturated heterocycles. The second kappa shape index (κ2) is 17.9. The van der Waals surface area contributed by atoms with E-state index in [2.05, 4.69) is 17.1 Å². The van der Waals surface area contributed by atoms with Gasteiger partial charge in [0, 0.05) is 19.8 Å². The highest BCUT2D eigenvalue weighted by atomic mass is 16.5. The summed E-state index contributed by atoms with van der Waals surface area (Å²) < 4.78 is 7.68. The van der Waals surface area contributed by atoms with Gasteiger partial charge >= 0.3 is 0 Å². The van der Waals surface area contributed by atoms with Crippen LogP contribution in [0.15, 0.2) is 12.7 Å². The van der Waals surface area contributed by atoms with Gasteiger partial charge in [0.05, 0.1) is 0 Å². The summed E-state index contributed by atoms with van der Waals surface area (Å²) in [4.78, 5) is 0. The van der Waals surface area contributed by atoms with Gasteiger partial charge in [-0.1, -0.05) is 90.4 Å². The van der Waals surface area contributed by atoms with Gasteiger partial charge in [-0.15, -0.1) is 10.2 Å². The van der Waals surface area contributed by atoms with Crippen molar-refractivity contribution in [2.24, 2.45) is 0 Å². The zero-order chi connectivity index (χ0) is 17.8. The molecule has 0 aliphatic rings. The quantitative estimate of drug-likeness (QED) is 0.280. The molecule has 0 N–H and O–H groups in total. The van der Waals surface area contributed by atoms with Crippen molar-refractivity contribution in [3.05, 3.63) is 12.7 Å². The highest BCUT2D eigenvalue weighted by molar-refractivity contribution is 4.59. The standard InChI is InChI=1S/C21H41N3O/c1-2-3-4-5-6-7-8-9-10-11-12-13-14-15-18-25-19-16-17-24-20-22-23-21-24/h20-21H,2-19H2,1H3. The van der Waals surface area contributed by atoms with Crippen LogP contribution in [0.4, 0.5) is 0 Å². The highest BCUT2D eigenvalue weighted by Gasteiger charge is 1.95. The van der Waals surface area contributed by atoms with E-state index in [0.717, 1.165) is 26.2 Å². The van der Waals surface area contributed by atoms with Crippen LogP contribution < -0.4 is 0 Å². The lowest BCUT2D eigenvalue weighted by Crippen LogP contribution is -2.02. The predicted molar refractivity (Wildman–Crippen MR) is 106 cm³/mol. The van der Waals surface area contributed by atoms with E-state index in [9.17, 15) is 0 Å². The summed E-state index contributed by atoms with van der Waals surface area (Å²) in [7, 11) is 0. The summed E-state index contributed by atoms with van der Waals surface area (Å²) in [5, 5.41) is 7.58. The van der Waals surface area contributed by atoms with Crippen LogP contribution in [0, 0.1) is 0 Å². The summed E-state index contributed by atoms with van der Waals surface area (Å²) in [6.07, 6.45) is 24.2. The average molecular weight is 352 g/mol. The lowest BCUT2D eigenvalue weighted by Gasteiger charge is -2.05. The first kappa shape index (κ1) is 22.1. The van der Waals surface area contributed by atoms with Crippen molar-refractivity contribution < 1.29 is 4.74 Å². The van der Waals surface area contributed by atoms with Gasteiger partial charge in [0.1, 0.15) is 12.7 Å². The van der Waals surface area contributed by atoms with Crippen molar-refractivity contribution in [2.45, 2.75) is 110 Å². The van der Waals surface area contributed by atoms with E-state index in [-0.39, 0.29) is 0 Å². The molecule has 1 aromatic heterocycles. The molecule has 0 aliphatic carbocycles. The molecular weight excluding hydrogens is 310 g/mol. The van der Waals surface area contributed by atoms with E-state index < -0.39 is 0 Å². The molecule has 146 valence electrons. The fourth-order valence-corrected chi connectivity index (χ4v) is 3.19. The largest absolute Gasteiger partial charge is 0.381 e. The molecule has 0 aromatic carbocycles. The molecule has 1 rings (SSSR count). The van der Waals surface area contributed by atoms with E-state index in [0.29, 0.717) is 0 Å². The summed E-state index contributed by atoms with van der Waals surface area (Å²) in [5.41, 5.74) is 0. The minimum atomic E-state index is 0.844. The van der Waals surface area contributed by atoms with Crippen LogP contribution in [0.5, 0.6) is 0 Å². The molecule has 4 nitrogen and oxygen atoms in total. The van der Waals surface area contributed by atoms with Crippen LogP contribution in [-0.2, 0) is 11.3 Å². The Bertz CT molecular complexity index is 354. The molecule has 0 saturated carbocycles. The molecule has 0 amide bonds. The first-order valence-corrected chi connectivity index (χ1v) is 10.8. The third-order valence-electron chi connectivity index (χ3n) is 4.81. The number of ether oxygens (including phenoxy) is 1. The third-order valence-corrected chi connectivity index (χ3v) is 4.81. The number of unbranched alkanes of at least 4 members (excludes halogenated alkanes) is 13. The Kier molecular flexibility index (Phi) is 15.9. The molecule has 1 aromatic rings. The lowest BCUT2D eigenvalue weighted by atomic mass is 10.0. The molecule has 0 aliphatic heterocycles. The van der Waals surface area contributed by atoms with Gasteiger partial charge in [-0.3, -0.25) is 0 Å². The second-order valence-corrected chi connectivity index (χ2v) is 7.26. The third kappa shape index (κ3) is 15.1. The van der Waals surface area contributed by atoms with E-state index in [1.807, 2.05) is 4.57 Å². The predicted octanol–water partition coefficient (Wildman–Crippen LogP) is 6.17. The molecule has 0 unspecified atom stereocenters. The molecule has 25 heavy (non-hydrogen) atoms. The Morgan fingerprint density at radius 1 is 0.600 bits per heavy atom. The van der Waals surface area contributed by atoms with Crippen LogP contribution in [0.1, 0.15) is 103 Å². The molecule has 0 radical (unpaired) electrons. The van der Waals surface area contributed by atoms with Crippen LogP contribution in [0.3, 0.4) is 0 Å². The summed E-state index contributed by atoms with van der Waals surface area (Å²) in [6, 6.07) is 0. The van der Waals surface area contributed by atoms with Crippen molar-refractivity contribution in [1.29, 1.82) is 0 Å². The Labute approximate surface area is 155 Å². The molecule has 0 bridgehead atoms. The van der Waals surface area contributed by atoms with Crippen LogP contribution in [0.2, 0.25) is 0 Å². The lowest BCUT2D eigenvalue weighted by molar-refractivity contribution is 0.124. The van der Waals surface area contributed by atoms with Crippen LogP contribution >= 0.6 is 0 Å². The SMILES string of the molecule is CCCCCCCCCCCCCCCCOCCCn1cnnc1. The number of hydrogen-bond acceptors (Lipinski definition) is 3. The molecule has 1 heterocycles. The normalized spacial score (nSPS) is 11.2. The maximum atomic E-state index is 5.68. The minimum absolute atomic E-state index is 0.844. The van der Waals surface area contributed by atoms with E-state index >= 15 is 0 Å². The van der Waals surface area contributed by atoms with E-state index in [1.54, 1.807) is 12.7 Å². The second-order valence-electron chi connectivity index (χ2n) is 7.26. The molecule has 0 spiro atoms. The molecular formula is C21H41N3O. The summed E-state index contributed by atoms with van der Waals surface area (Å²) in [5.74, 6) is 0. The highest BCUT2D eigenvalue weighted by Crippen LogP contribution is 2.12. The molecule has 4 heteroatoms. The Morgan fingerprint density at radius 2 is 1.04 bits per heavy atom. The number of aryl methyl sites for hydroxylation is 1. The number of rotatable bonds is 19. The maximum absolute atomic E-state index is 5.68. The van der Waals surface area contributed by atoms with E-state index in [4.69, 9.17) is 4.74 Å². The topological polar surface area (TPSA) is 39.9 Å². The maximum Gasteiger partial charge on any atom is 0.119 e. The molecule has 0 atom stereocenters. The summed E-state index contributed by atoms with van der Waals surface area (Å²) >= 11 is 0. The van der Waals surface area contributed by atoms with Crippen molar-refractivity contribution in [2.75, 3.05) is 13.2 Å². The average Bonchev–Trinajstić information content (AvgIpc) is 3.14. The van der Waals surface area contributed by atoms with Crippen molar-refractivity contribution in [3.8, 4) is 0 Å². The van der Waals surface area contributed by atoms with Gasteiger partial charge < -0.3 is 9.30 Å². The first-order valence-electron chi connectivity index (χ1n) is 10.8. The van der Waals surface area contributed by atoms with E-state index in [1.165, 1.54) is 89.9 Å². The van der Waals surface area contributed by atoms with Crippen molar-refractivity contribution in [3.63, 3.8) is 0 Å². The van der Waals surface area contributed by atoms with Gasteiger partial charge in [0.15, 0.2) is 0 Å². The monoisotopic (exact) mass is 351 g/mol. The van der Waals surface area contributed by atoms with Crippen LogP contribution in [0.25, 0.3) is 0 Å². The Morgan fingerprint density at radius 3 is 1.56 bits per heavy atom. The fraction of sp³-hybridized carbons (Fsp3) is 0.905. The first-order chi connectivity index (χ1) is 12.4. The van der Waals surface area contributed by atoms with Crippen LogP contribution in [-0.4, -0.2) is 28.0 Å². The number of hydrogen-bond donors (Lipinski definition) is 0. The van der Waals surface area contributed by atoms with Crippen molar-refractivity contribution >= 4 is 0 Å². The van der Waals surface area contributed by atoms with Gasteiger partial charge in [0.25, 0.3) is 0 Å². The minimum Gasteiger partial charge on any atom is -0.381 e. The fourth-order valence-electron chi connectivity index (χ4n) is 3.19. The Balaban J connectivity index is 1.65. The molecule has 0 fully saturated rings. The number of aromatic nitrogens is 3. The van der Waals surface area contributed by atoms with Gasteiger partial charge in [0.2, 0.25) is 0 Å². The Hall–Kier alpha value is -0.900. The van der Waals surface area contributed by atoms with Gasteiger partial charge in [-0.2, -0.15) is 0 Å². The van der Waals surface area contributed by atoms with Gasteiger partial charge in [-0.25, -0.2) is 0 Å². The zero-order valence-electron chi connectivity index (χ0n) is 16.6. The number of nitrogens with zero attached hydrogens (tertiary/aromatic N) is 3. The zero-order valence-corrected chi connectivity index (χ0v) is 16.6. The van der Waals surface area contributed by atoms with Crippen molar-refractivity contribution in [1.82, 2.24) is 14.8 Å². The smallest absolute Gasteiger partial charge is 0.119 e. The summed E-state index contributed by atoms with van der Waals surface area (Å²) in [6.45, 7) is 5.00. The van der Waals surface area contributed by atoms with Gasteiger partial charge in [-0.05, 0) is 12.8 Å².